The second kappa shape index (κ2) is 14.6. The van der Waals surface area contributed by atoms with Crippen molar-refractivity contribution in [2.24, 2.45) is 5.73 Å². The summed E-state index contributed by atoms with van der Waals surface area (Å²) in [6, 6.07) is 9.34. The summed E-state index contributed by atoms with van der Waals surface area (Å²) >= 11 is 1.72. The molecule has 0 radical (unpaired) electrons. The first kappa shape index (κ1) is 32.8. The number of primary amides is 1. The molecule has 0 saturated carbocycles. The van der Waals surface area contributed by atoms with E-state index in [1.807, 2.05) is 42.5 Å². The molecule has 2 heterocycles. The molecule has 0 bridgehead atoms. The number of hydrogen-bond acceptors (Lipinski definition) is 8. The van der Waals surface area contributed by atoms with E-state index < -0.39 is 60.9 Å². The van der Waals surface area contributed by atoms with Crippen LogP contribution in [0, 0.1) is 0 Å². The van der Waals surface area contributed by atoms with E-state index in [4.69, 9.17) is 5.73 Å². The molecule has 4 rings (SSSR count). The predicted octanol–water partition coefficient (Wildman–Crippen LogP) is 0.912. The Kier molecular flexibility index (Phi) is 11.1. The van der Waals surface area contributed by atoms with Crippen LogP contribution in [0.3, 0.4) is 0 Å². The van der Waals surface area contributed by atoms with Crippen LogP contribution in [0.25, 0.3) is 10.8 Å². The third-order valence-electron chi connectivity index (χ3n) is 7.15. The number of hydrogen-bond donors (Lipinski definition) is 6. The first-order valence-electron chi connectivity index (χ1n) is 13.6. The molecule has 13 nitrogen and oxygen atoms in total. The Hall–Kier alpha value is -3.10. The molecule has 2 aromatic carbocycles. The first-order valence-corrected chi connectivity index (χ1v) is 17.6. The molecule has 1 unspecified atom stereocenters. The molecule has 2 fully saturated rings. The maximum Gasteiger partial charge on any atom is 0.335 e. The quantitative estimate of drug-likeness (QED) is 0.179. The van der Waals surface area contributed by atoms with Gasteiger partial charge in [0.1, 0.15) is 24.2 Å². The van der Waals surface area contributed by atoms with Crippen molar-refractivity contribution >= 4 is 70.8 Å². The maximum atomic E-state index is 13.8. The maximum absolute atomic E-state index is 13.8. The molecule has 0 spiro atoms. The second-order valence-electron chi connectivity index (χ2n) is 10.4. The third-order valence-corrected chi connectivity index (χ3v) is 10.7. The fourth-order valence-corrected chi connectivity index (χ4v) is 7.64. The molecule has 4 atom stereocenters. The highest BCUT2D eigenvalue weighted by Gasteiger charge is 2.39. The highest BCUT2D eigenvalue weighted by molar-refractivity contribution is 8.14. The molecule has 0 aliphatic carbocycles. The van der Waals surface area contributed by atoms with Crippen LogP contribution in [0.5, 0.6) is 0 Å². The van der Waals surface area contributed by atoms with Crippen molar-refractivity contribution in [3.63, 3.8) is 0 Å². The van der Waals surface area contributed by atoms with Gasteiger partial charge in [0.25, 0.3) is 5.24 Å². The Bertz CT molecular complexity index is 1440. The van der Waals surface area contributed by atoms with E-state index >= 15 is 0 Å². The van der Waals surface area contributed by atoms with E-state index in [0.717, 1.165) is 39.9 Å². The summed E-state index contributed by atoms with van der Waals surface area (Å²) in [7, 11) is -4.39. The number of fused-ring (bicyclic) bond motifs is 1. The lowest BCUT2D eigenvalue weighted by Gasteiger charge is -2.37. The highest BCUT2D eigenvalue weighted by Crippen LogP contribution is 2.38. The molecule has 16 heteroatoms. The zero-order valence-corrected chi connectivity index (χ0v) is 25.7. The van der Waals surface area contributed by atoms with Crippen LogP contribution in [0.2, 0.25) is 0 Å². The molecule has 2 aromatic rings. The molecule has 2 aliphatic rings. The average Bonchev–Trinajstić information content (AvgIpc) is 3.41. The van der Waals surface area contributed by atoms with E-state index in [-0.39, 0.29) is 29.7 Å². The summed E-state index contributed by atoms with van der Waals surface area (Å²) in [5.41, 5.74) is 5.88. The number of amides is 5. The van der Waals surface area contributed by atoms with Gasteiger partial charge >= 0.3 is 7.60 Å². The summed E-state index contributed by atoms with van der Waals surface area (Å²) in [6.07, 6.45) is 1.70. The van der Waals surface area contributed by atoms with Crippen molar-refractivity contribution in [3.8, 4) is 0 Å². The van der Waals surface area contributed by atoms with Crippen LogP contribution in [-0.4, -0.2) is 91.3 Å². The van der Waals surface area contributed by atoms with Gasteiger partial charge in [0.05, 0.1) is 5.49 Å². The van der Waals surface area contributed by atoms with E-state index in [1.165, 1.54) is 4.90 Å². The number of rotatable bonds is 12. The van der Waals surface area contributed by atoms with E-state index in [0.29, 0.717) is 19.3 Å². The predicted molar refractivity (Wildman–Crippen MR) is 164 cm³/mol. The first-order chi connectivity index (χ1) is 20.4. The molecule has 43 heavy (non-hydrogen) atoms. The minimum Gasteiger partial charge on any atom is -0.368 e. The molecule has 0 aromatic heterocycles. The number of carbonyl (C=O) groups excluding carboxylic acids is 5. The van der Waals surface area contributed by atoms with Crippen LogP contribution in [0.15, 0.2) is 42.5 Å². The highest BCUT2D eigenvalue weighted by atomic mass is 32.2. The summed E-state index contributed by atoms with van der Waals surface area (Å²) in [5, 5.41) is 9.41. The number of nitrogens with two attached hydrogens (primary N) is 1. The van der Waals surface area contributed by atoms with Crippen LogP contribution in [-0.2, 0) is 30.2 Å². The Morgan fingerprint density at radius 3 is 2.47 bits per heavy atom. The van der Waals surface area contributed by atoms with E-state index in [2.05, 4.69) is 16.0 Å². The molecule has 2 aliphatic heterocycles. The normalized spacial score (nSPS) is 20.2. The lowest BCUT2D eigenvalue weighted by Crippen LogP contribution is -2.61. The number of nitrogens with zero attached hydrogens (tertiary/aromatic N) is 1. The van der Waals surface area contributed by atoms with Crippen molar-refractivity contribution in [3.05, 3.63) is 48.0 Å². The van der Waals surface area contributed by atoms with Gasteiger partial charge in [0.2, 0.25) is 23.6 Å². The Morgan fingerprint density at radius 2 is 1.79 bits per heavy atom. The largest absolute Gasteiger partial charge is 0.368 e. The fraction of sp³-hybridized carbons (Fsp3) is 0.444. The molecular weight excluding hydrogens is 617 g/mol. The number of nitrogens with one attached hydrogen (secondary N) is 3. The number of thioether (sulfide) groups is 2. The SMILES string of the molecule is NC(=O)[C@H](Cc1ccc2ccccc2c1)NC(=O)[C@@H]1CCCCN1C(=O)[C@H](CSCP(=O)(O)O)NC(=O)C1CSC(=O)N1. The molecule has 5 amide bonds. The van der Waals surface area contributed by atoms with Crippen LogP contribution in [0.1, 0.15) is 24.8 Å². The third kappa shape index (κ3) is 9.19. The van der Waals surface area contributed by atoms with Gasteiger partial charge in [0.15, 0.2) is 0 Å². The summed E-state index contributed by atoms with van der Waals surface area (Å²) in [4.78, 5) is 83.9. The van der Waals surface area contributed by atoms with Gasteiger partial charge < -0.3 is 36.4 Å². The lowest BCUT2D eigenvalue weighted by molar-refractivity contribution is -0.145. The molecular formula is C27H34N5O8PS2. The van der Waals surface area contributed by atoms with Gasteiger partial charge in [-0.3, -0.25) is 28.5 Å². The summed E-state index contributed by atoms with van der Waals surface area (Å²) in [6.45, 7) is 0.203. The smallest absolute Gasteiger partial charge is 0.335 e. The lowest BCUT2D eigenvalue weighted by atomic mass is 9.98. The van der Waals surface area contributed by atoms with Crippen molar-refractivity contribution in [1.82, 2.24) is 20.9 Å². The Balaban J connectivity index is 1.48. The van der Waals surface area contributed by atoms with Crippen molar-refractivity contribution < 1.29 is 38.3 Å². The number of benzene rings is 2. The summed E-state index contributed by atoms with van der Waals surface area (Å²) in [5.74, 6) is -2.51. The zero-order chi connectivity index (χ0) is 31.1. The minimum atomic E-state index is -4.39. The van der Waals surface area contributed by atoms with E-state index in [9.17, 15) is 38.3 Å². The Morgan fingerprint density at radius 1 is 1.07 bits per heavy atom. The summed E-state index contributed by atoms with van der Waals surface area (Å²) < 4.78 is 11.4. The Labute approximate surface area is 256 Å². The van der Waals surface area contributed by atoms with Gasteiger partial charge in [-0.2, -0.15) is 0 Å². The minimum absolute atomic E-state index is 0.148. The number of piperidine rings is 1. The van der Waals surface area contributed by atoms with Gasteiger partial charge in [-0.1, -0.05) is 54.2 Å². The van der Waals surface area contributed by atoms with Gasteiger partial charge in [-0.25, -0.2) is 0 Å². The van der Waals surface area contributed by atoms with Gasteiger partial charge in [-0.15, -0.1) is 11.8 Å². The molecule has 232 valence electrons. The zero-order valence-electron chi connectivity index (χ0n) is 23.1. The van der Waals surface area contributed by atoms with Crippen molar-refractivity contribution in [2.45, 2.75) is 49.9 Å². The average molecular weight is 652 g/mol. The standard InChI is InChI=1S/C27H34N5O8PS2/c28-23(33)19(12-16-8-9-17-5-1-2-6-18(17)11-16)29-25(35)22-7-3-4-10-32(22)26(36)21(13-42-15-41(38,39)40)30-24(34)20-14-43-27(37)31-20/h1-2,5-6,8-9,11,19-22H,3-4,7,10,12-15H2,(H2,28,33)(H,29,35)(H,30,34)(H,31,37)(H2,38,39,40)/t19-,20?,21-,22-/m0/s1. The van der Waals surface area contributed by atoms with E-state index in [1.54, 1.807) is 0 Å². The fourth-order valence-electron chi connectivity index (χ4n) is 5.02. The van der Waals surface area contributed by atoms with Crippen LogP contribution in [0.4, 0.5) is 4.79 Å². The topological polar surface area (TPSA) is 208 Å². The van der Waals surface area contributed by atoms with Gasteiger partial charge in [0, 0.05) is 24.5 Å². The molecule has 2 saturated heterocycles. The van der Waals surface area contributed by atoms with Crippen molar-refractivity contribution in [2.75, 3.05) is 23.5 Å². The number of likely N-dealkylation sites (tertiary alicyclic amines) is 1. The van der Waals surface area contributed by atoms with Crippen molar-refractivity contribution in [1.29, 1.82) is 0 Å². The second-order valence-corrected chi connectivity index (χ2v) is 14.5. The molecule has 7 N–H and O–H groups in total. The van der Waals surface area contributed by atoms with Crippen LogP contribution < -0.4 is 21.7 Å². The number of carbonyl (C=O) groups is 5. The van der Waals surface area contributed by atoms with Gasteiger partial charge in [-0.05, 0) is 35.6 Å². The monoisotopic (exact) mass is 651 g/mol. The van der Waals surface area contributed by atoms with Crippen LogP contribution >= 0.6 is 31.1 Å².